The van der Waals surface area contributed by atoms with Crippen LogP contribution in [-0.2, 0) is 11.8 Å². The van der Waals surface area contributed by atoms with Gasteiger partial charge in [0.05, 0.1) is 0 Å². The van der Waals surface area contributed by atoms with Crippen LogP contribution in [0.3, 0.4) is 0 Å². The molecule has 1 aromatic carbocycles. The van der Waals surface area contributed by atoms with Crippen LogP contribution < -0.4 is 0 Å². The lowest BCUT2D eigenvalue weighted by Gasteiger charge is -2.54. The lowest BCUT2D eigenvalue weighted by Crippen LogP contribution is -2.47. The van der Waals surface area contributed by atoms with Crippen molar-refractivity contribution >= 4 is 0 Å². The molecule has 0 saturated heterocycles. The van der Waals surface area contributed by atoms with E-state index < -0.39 is 0 Å². The van der Waals surface area contributed by atoms with Crippen LogP contribution in [0.5, 0.6) is 5.75 Å². The van der Waals surface area contributed by atoms with Crippen molar-refractivity contribution in [3.63, 3.8) is 0 Å². The van der Waals surface area contributed by atoms with Crippen molar-refractivity contribution in [1.29, 1.82) is 0 Å². The molecule has 2 aliphatic rings. The molecule has 3 rings (SSSR count). The predicted octanol–water partition coefficient (Wildman–Crippen LogP) is 5.55. The zero-order valence-corrected chi connectivity index (χ0v) is 14.3. The average Bonchev–Trinajstić information content (AvgIpc) is 2.37. The maximum absolute atomic E-state index is 10.5. The first-order valence-electron chi connectivity index (χ1n) is 8.62. The van der Waals surface area contributed by atoms with Crippen LogP contribution in [-0.4, -0.2) is 5.11 Å². The van der Waals surface area contributed by atoms with Gasteiger partial charge in [-0.25, -0.2) is 0 Å². The second-order valence-electron chi connectivity index (χ2n) is 8.57. The van der Waals surface area contributed by atoms with Crippen molar-refractivity contribution in [3.8, 4) is 5.75 Å². The summed E-state index contributed by atoms with van der Waals surface area (Å²) in [6, 6.07) is 4.40. The molecular formula is C20H30O. The number of aryl methyl sites for hydroxylation is 1. The monoisotopic (exact) mass is 286 g/mol. The molecule has 0 radical (unpaired) electrons. The Hall–Kier alpha value is -0.980. The number of hydrogen-bond acceptors (Lipinski definition) is 1. The predicted molar refractivity (Wildman–Crippen MR) is 89.0 cm³/mol. The number of benzene rings is 1. The topological polar surface area (TPSA) is 20.2 Å². The Bertz CT molecular complexity index is 555. The van der Waals surface area contributed by atoms with Crippen LogP contribution in [0.4, 0.5) is 0 Å². The zero-order valence-electron chi connectivity index (χ0n) is 14.3. The number of hydrogen-bond donors (Lipinski definition) is 1. The Balaban J connectivity index is 2.12. The summed E-state index contributed by atoms with van der Waals surface area (Å²) in [6.07, 6.45) is 6.41. The lowest BCUT2D eigenvalue weighted by molar-refractivity contribution is 0.0405. The summed E-state index contributed by atoms with van der Waals surface area (Å²) in [7, 11) is 0. The van der Waals surface area contributed by atoms with Crippen LogP contribution in [0.25, 0.3) is 0 Å². The van der Waals surface area contributed by atoms with E-state index >= 15 is 0 Å². The Morgan fingerprint density at radius 2 is 1.86 bits per heavy atom. The van der Waals surface area contributed by atoms with E-state index in [-0.39, 0.29) is 5.41 Å². The second-order valence-corrected chi connectivity index (χ2v) is 8.57. The molecule has 0 aliphatic heterocycles. The summed E-state index contributed by atoms with van der Waals surface area (Å²) in [6.45, 7) is 11.7. The summed E-state index contributed by atoms with van der Waals surface area (Å²) in [5.41, 5.74) is 4.73. The van der Waals surface area contributed by atoms with Gasteiger partial charge < -0.3 is 5.11 Å². The fourth-order valence-electron chi connectivity index (χ4n) is 5.31. The molecule has 0 aromatic heterocycles. The van der Waals surface area contributed by atoms with Gasteiger partial charge in [0.2, 0.25) is 0 Å². The van der Waals surface area contributed by atoms with Crippen LogP contribution in [0.2, 0.25) is 0 Å². The maximum Gasteiger partial charge on any atom is 0.119 e. The van der Waals surface area contributed by atoms with Gasteiger partial charge in [-0.1, -0.05) is 47.1 Å². The van der Waals surface area contributed by atoms with E-state index in [0.717, 1.165) is 11.5 Å². The fraction of sp³-hybridized carbons (Fsp3) is 0.700. The third-order valence-corrected chi connectivity index (χ3v) is 6.42. The summed E-state index contributed by atoms with van der Waals surface area (Å²) < 4.78 is 0. The standard InChI is InChI=1S/C20H30O/c1-13(2)15-11-14-7-8-18-19(3,4)9-6-10-20(18,5)16(14)12-17(15)21/h11-13,18,21H,6-10H2,1-5H3/t18-,20+/m1/s1. The lowest BCUT2D eigenvalue weighted by atomic mass is 9.50. The van der Waals surface area contributed by atoms with Crippen molar-refractivity contribution < 1.29 is 5.11 Å². The van der Waals surface area contributed by atoms with Crippen molar-refractivity contribution in [2.75, 3.05) is 0 Å². The van der Waals surface area contributed by atoms with Gasteiger partial charge in [0.1, 0.15) is 5.75 Å². The molecule has 2 aliphatic carbocycles. The Morgan fingerprint density at radius 1 is 1.14 bits per heavy atom. The van der Waals surface area contributed by atoms with Crippen molar-refractivity contribution in [2.45, 2.75) is 78.1 Å². The third kappa shape index (κ3) is 2.20. The highest BCUT2D eigenvalue weighted by atomic mass is 16.3. The molecular weight excluding hydrogens is 256 g/mol. The van der Waals surface area contributed by atoms with Crippen molar-refractivity contribution in [3.05, 3.63) is 28.8 Å². The molecule has 0 spiro atoms. The van der Waals surface area contributed by atoms with E-state index in [1.165, 1.54) is 43.2 Å². The van der Waals surface area contributed by atoms with E-state index in [4.69, 9.17) is 0 Å². The minimum atomic E-state index is 0.252. The number of aromatic hydroxyl groups is 1. The Kier molecular flexibility index (Phi) is 3.39. The van der Waals surface area contributed by atoms with Crippen LogP contribution in [0.15, 0.2) is 12.1 Å². The van der Waals surface area contributed by atoms with E-state index in [2.05, 4.69) is 46.8 Å². The molecule has 21 heavy (non-hydrogen) atoms. The van der Waals surface area contributed by atoms with Crippen LogP contribution >= 0.6 is 0 Å². The van der Waals surface area contributed by atoms with Gasteiger partial charge >= 0.3 is 0 Å². The third-order valence-electron chi connectivity index (χ3n) is 6.42. The summed E-state index contributed by atoms with van der Waals surface area (Å²) in [5.74, 6) is 1.65. The van der Waals surface area contributed by atoms with Crippen molar-refractivity contribution in [1.82, 2.24) is 0 Å². The summed E-state index contributed by atoms with van der Waals surface area (Å²) in [5, 5.41) is 10.5. The molecule has 0 heterocycles. The van der Waals surface area contributed by atoms with E-state index in [1.807, 2.05) is 0 Å². The number of rotatable bonds is 1. The van der Waals surface area contributed by atoms with Gasteiger partial charge in [0, 0.05) is 0 Å². The zero-order chi connectivity index (χ0) is 15.4. The molecule has 1 aromatic rings. The molecule has 0 bridgehead atoms. The molecule has 1 heteroatoms. The van der Waals surface area contributed by atoms with Crippen LogP contribution in [0.1, 0.15) is 82.9 Å². The highest BCUT2D eigenvalue weighted by molar-refractivity contribution is 5.48. The van der Waals surface area contributed by atoms with Gasteiger partial charge in [-0.15, -0.1) is 0 Å². The summed E-state index contributed by atoms with van der Waals surface area (Å²) in [4.78, 5) is 0. The van der Waals surface area contributed by atoms with Gasteiger partial charge in [0.25, 0.3) is 0 Å². The summed E-state index contributed by atoms with van der Waals surface area (Å²) >= 11 is 0. The molecule has 0 amide bonds. The normalized spacial score (nSPS) is 30.9. The highest BCUT2D eigenvalue weighted by Crippen LogP contribution is 2.57. The fourth-order valence-corrected chi connectivity index (χ4v) is 5.31. The second kappa shape index (κ2) is 4.76. The van der Waals surface area contributed by atoms with Crippen LogP contribution in [0, 0.1) is 11.3 Å². The minimum Gasteiger partial charge on any atom is -0.508 e. The quantitative estimate of drug-likeness (QED) is 0.718. The van der Waals surface area contributed by atoms with Gasteiger partial charge in [-0.05, 0) is 71.1 Å². The smallest absolute Gasteiger partial charge is 0.119 e. The molecule has 1 nitrogen and oxygen atoms in total. The molecule has 116 valence electrons. The number of fused-ring (bicyclic) bond motifs is 3. The van der Waals surface area contributed by atoms with E-state index in [1.54, 1.807) is 0 Å². The number of phenols is 1. The minimum absolute atomic E-state index is 0.252. The average molecular weight is 286 g/mol. The Morgan fingerprint density at radius 3 is 2.52 bits per heavy atom. The molecule has 1 saturated carbocycles. The van der Waals surface area contributed by atoms with Gasteiger partial charge in [-0.2, -0.15) is 0 Å². The number of phenolic OH excluding ortho intramolecular Hbond substituents is 1. The van der Waals surface area contributed by atoms with Crippen molar-refractivity contribution in [2.24, 2.45) is 11.3 Å². The van der Waals surface area contributed by atoms with Gasteiger partial charge in [0.15, 0.2) is 0 Å². The maximum atomic E-state index is 10.5. The Labute approximate surface area is 129 Å². The SMILES string of the molecule is CC(C)c1cc2c(cc1O)[C@]1(C)CCCC(C)(C)[C@H]1CC2. The molecule has 1 N–H and O–H groups in total. The van der Waals surface area contributed by atoms with E-state index in [9.17, 15) is 5.11 Å². The first kappa shape index (κ1) is 14.9. The largest absolute Gasteiger partial charge is 0.508 e. The first-order chi connectivity index (χ1) is 9.75. The van der Waals surface area contributed by atoms with E-state index in [0.29, 0.717) is 17.1 Å². The first-order valence-corrected chi connectivity index (χ1v) is 8.62. The highest BCUT2D eigenvalue weighted by Gasteiger charge is 2.49. The van der Waals surface area contributed by atoms with Gasteiger partial charge in [-0.3, -0.25) is 0 Å². The molecule has 2 atom stereocenters. The molecule has 0 unspecified atom stereocenters. The molecule has 1 fully saturated rings.